The molecule has 0 saturated carbocycles. The summed E-state index contributed by atoms with van der Waals surface area (Å²) >= 11 is 0. The number of benzene rings is 1. The number of aryl methyl sites for hydroxylation is 1. The Morgan fingerprint density at radius 1 is 1.53 bits per heavy atom. The Bertz CT molecular complexity index is 418. The molecule has 0 bridgehead atoms. The van der Waals surface area contributed by atoms with Crippen molar-refractivity contribution >= 4 is 5.97 Å². The van der Waals surface area contributed by atoms with Crippen molar-refractivity contribution in [1.82, 2.24) is 0 Å². The first-order valence-corrected chi connectivity index (χ1v) is 4.65. The third-order valence-corrected chi connectivity index (χ3v) is 2.33. The van der Waals surface area contributed by atoms with E-state index in [1.54, 1.807) is 12.1 Å². The lowest BCUT2D eigenvalue weighted by Gasteiger charge is -2.06. The standard InChI is InChI=1S/C12H13NO2/c1-8-7-10(9(2)13-3)5-6-11(8)12(14)15-4/h5-7,9H,1-2,4H3. The van der Waals surface area contributed by atoms with E-state index in [2.05, 4.69) is 9.58 Å². The van der Waals surface area contributed by atoms with Gasteiger partial charge in [-0.3, -0.25) is 0 Å². The van der Waals surface area contributed by atoms with Gasteiger partial charge in [0.25, 0.3) is 0 Å². The third-order valence-electron chi connectivity index (χ3n) is 2.33. The Balaban J connectivity index is 3.10. The summed E-state index contributed by atoms with van der Waals surface area (Å²) in [6.45, 7) is 10.6. The Morgan fingerprint density at radius 2 is 2.20 bits per heavy atom. The molecule has 1 aromatic rings. The van der Waals surface area contributed by atoms with Crippen LogP contribution in [0, 0.1) is 13.5 Å². The van der Waals surface area contributed by atoms with E-state index in [9.17, 15) is 4.79 Å². The summed E-state index contributed by atoms with van der Waals surface area (Å²) in [4.78, 5) is 14.7. The Morgan fingerprint density at radius 3 is 2.67 bits per heavy atom. The molecule has 3 nitrogen and oxygen atoms in total. The molecule has 0 aliphatic heterocycles. The SMILES string of the molecule is [C-]#[N+]C(C)c1ccc(C(=O)OC)c(C)c1. The van der Waals surface area contributed by atoms with Crippen LogP contribution in [0.5, 0.6) is 0 Å². The van der Waals surface area contributed by atoms with Crippen LogP contribution in [0.1, 0.15) is 34.5 Å². The minimum absolute atomic E-state index is 0.171. The number of hydrogen-bond acceptors (Lipinski definition) is 2. The number of nitrogens with zero attached hydrogens (tertiary/aromatic N) is 1. The van der Waals surface area contributed by atoms with Gasteiger partial charge in [0.15, 0.2) is 0 Å². The van der Waals surface area contributed by atoms with Crippen molar-refractivity contribution in [3.8, 4) is 0 Å². The summed E-state index contributed by atoms with van der Waals surface area (Å²) < 4.78 is 4.64. The molecule has 0 radical (unpaired) electrons. The first-order valence-electron chi connectivity index (χ1n) is 4.65. The lowest BCUT2D eigenvalue weighted by atomic mass is 10.0. The average Bonchev–Trinajstić information content (AvgIpc) is 2.26. The number of esters is 1. The summed E-state index contributed by atoms with van der Waals surface area (Å²) in [6, 6.07) is 5.19. The van der Waals surface area contributed by atoms with Crippen molar-refractivity contribution in [2.24, 2.45) is 0 Å². The molecule has 3 heteroatoms. The van der Waals surface area contributed by atoms with Crippen molar-refractivity contribution in [2.45, 2.75) is 19.9 Å². The molecule has 0 aliphatic carbocycles. The van der Waals surface area contributed by atoms with Crippen molar-refractivity contribution in [3.05, 3.63) is 46.3 Å². The van der Waals surface area contributed by atoms with Crippen LogP contribution in [0.15, 0.2) is 18.2 Å². The average molecular weight is 203 g/mol. The topological polar surface area (TPSA) is 30.7 Å². The molecule has 0 N–H and O–H groups in total. The smallest absolute Gasteiger partial charge is 0.338 e. The van der Waals surface area contributed by atoms with E-state index in [0.29, 0.717) is 5.56 Å². The highest BCUT2D eigenvalue weighted by Gasteiger charge is 2.13. The number of ether oxygens (including phenoxy) is 1. The Hall–Kier alpha value is -1.82. The van der Waals surface area contributed by atoms with Crippen molar-refractivity contribution in [3.63, 3.8) is 0 Å². The number of hydrogen-bond donors (Lipinski definition) is 0. The van der Waals surface area contributed by atoms with Gasteiger partial charge in [-0.2, -0.15) is 0 Å². The van der Waals surface area contributed by atoms with Gasteiger partial charge in [-0.15, -0.1) is 0 Å². The summed E-state index contributed by atoms with van der Waals surface area (Å²) in [7, 11) is 1.36. The van der Waals surface area contributed by atoms with Gasteiger partial charge in [0, 0.05) is 12.5 Å². The zero-order valence-electron chi connectivity index (χ0n) is 9.07. The fourth-order valence-electron chi connectivity index (χ4n) is 1.36. The van der Waals surface area contributed by atoms with Crippen LogP contribution >= 0.6 is 0 Å². The van der Waals surface area contributed by atoms with Gasteiger partial charge in [0.1, 0.15) is 0 Å². The maximum absolute atomic E-state index is 11.3. The van der Waals surface area contributed by atoms with E-state index in [1.165, 1.54) is 7.11 Å². The molecule has 78 valence electrons. The van der Waals surface area contributed by atoms with Crippen LogP contribution in [-0.2, 0) is 4.74 Å². The number of methoxy groups -OCH3 is 1. The predicted molar refractivity (Wildman–Crippen MR) is 57.5 cm³/mol. The minimum atomic E-state index is -0.338. The quantitative estimate of drug-likeness (QED) is 0.546. The molecular weight excluding hydrogens is 190 g/mol. The first-order chi connectivity index (χ1) is 7.10. The van der Waals surface area contributed by atoms with Gasteiger partial charge >= 0.3 is 5.97 Å². The van der Waals surface area contributed by atoms with E-state index >= 15 is 0 Å². The third kappa shape index (κ3) is 2.35. The van der Waals surface area contributed by atoms with Crippen LogP contribution in [0.3, 0.4) is 0 Å². The molecule has 0 aromatic heterocycles. The lowest BCUT2D eigenvalue weighted by molar-refractivity contribution is 0.0600. The van der Waals surface area contributed by atoms with Gasteiger partial charge in [-0.05, 0) is 24.6 Å². The second-order valence-electron chi connectivity index (χ2n) is 3.37. The molecule has 0 spiro atoms. The summed E-state index contributed by atoms with van der Waals surface area (Å²) in [5.41, 5.74) is 2.32. The highest BCUT2D eigenvalue weighted by Crippen LogP contribution is 2.20. The van der Waals surface area contributed by atoms with Crippen LogP contribution in [-0.4, -0.2) is 13.1 Å². The van der Waals surface area contributed by atoms with Crippen molar-refractivity contribution in [2.75, 3.05) is 7.11 Å². The molecule has 1 rings (SSSR count). The monoisotopic (exact) mass is 203 g/mol. The number of rotatable bonds is 2. The highest BCUT2D eigenvalue weighted by molar-refractivity contribution is 5.91. The molecular formula is C12H13NO2. The molecule has 1 unspecified atom stereocenters. The van der Waals surface area contributed by atoms with E-state index in [0.717, 1.165) is 11.1 Å². The minimum Gasteiger partial charge on any atom is -0.465 e. The summed E-state index contributed by atoms with van der Waals surface area (Å²) in [5, 5.41) is 0. The number of carbonyl (C=O) groups is 1. The number of carbonyl (C=O) groups excluding carboxylic acids is 1. The van der Waals surface area contributed by atoms with Gasteiger partial charge in [0.05, 0.1) is 12.7 Å². The molecule has 0 fully saturated rings. The maximum atomic E-state index is 11.3. The molecule has 0 amide bonds. The second-order valence-corrected chi connectivity index (χ2v) is 3.37. The zero-order chi connectivity index (χ0) is 11.4. The Kier molecular flexibility index (Phi) is 3.46. The Labute approximate surface area is 89.5 Å². The second kappa shape index (κ2) is 4.61. The summed E-state index contributed by atoms with van der Waals surface area (Å²) in [6.07, 6.45) is 0. The van der Waals surface area contributed by atoms with Gasteiger partial charge < -0.3 is 9.58 Å². The van der Waals surface area contributed by atoms with Crippen LogP contribution < -0.4 is 0 Å². The maximum Gasteiger partial charge on any atom is 0.338 e. The van der Waals surface area contributed by atoms with E-state index in [4.69, 9.17) is 6.57 Å². The molecule has 0 saturated heterocycles. The van der Waals surface area contributed by atoms with E-state index in [1.807, 2.05) is 19.9 Å². The molecule has 0 aliphatic rings. The molecule has 1 aromatic carbocycles. The van der Waals surface area contributed by atoms with Crippen LogP contribution in [0.2, 0.25) is 0 Å². The molecule has 1 atom stereocenters. The normalized spacial score (nSPS) is 11.6. The molecule has 15 heavy (non-hydrogen) atoms. The largest absolute Gasteiger partial charge is 0.465 e. The van der Waals surface area contributed by atoms with Crippen LogP contribution in [0.4, 0.5) is 0 Å². The summed E-state index contributed by atoms with van der Waals surface area (Å²) in [5.74, 6) is -0.338. The van der Waals surface area contributed by atoms with Gasteiger partial charge in [-0.25, -0.2) is 11.4 Å². The van der Waals surface area contributed by atoms with Crippen LogP contribution in [0.25, 0.3) is 4.85 Å². The predicted octanol–water partition coefficient (Wildman–Crippen LogP) is 2.76. The van der Waals surface area contributed by atoms with Gasteiger partial charge in [0.2, 0.25) is 6.04 Å². The van der Waals surface area contributed by atoms with E-state index < -0.39 is 0 Å². The fourth-order valence-corrected chi connectivity index (χ4v) is 1.36. The lowest BCUT2D eigenvalue weighted by Crippen LogP contribution is -2.04. The van der Waals surface area contributed by atoms with Crippen molar-refractivity contribution < 1.29 is 9.53 Å². The molecule has 0 heterocycles. The van der Waals surface area contributed by atoms with Crippen molar-refractivity contribution in [1.29, 1.82) is 0 Å². The zero-order valence-corrected chi connectivity index (χ0v) is 9.07. The van der Waals surface area contributed by atoms with Gasteiger partial charge in [-0.1, -0.05) is 6.07 Å². The highest BCUT2D eigenvalue weighted by atomic mass is 16.5. The first kappa shape index (κ1) is 11.3. The fraction of sp³-hybridized carbons (Fsp3) is 0.333. The van der Waals surface area contributed by atoms with E-state index in [-0.39, 0.29) is 12.0 Å².